The van der Waals surface area contributed by atoms with Gasteiger partial charge in [0.1, 0.15) is 6.10 Å². The summed E-state index contributed by atoms with van der Waals surface area (Å²) >= 11 is 0. The molecule has 0 fully saturated rings. The second-order valence-corrected chi connectivity index (χ2v) is 3.26. The molecule has 0 aliphatic rings. The first-order valence-corrected chi connectivity index (χ1v) is 5.03. The number of aliphatic hydroxyl groups excluding tert-OH is 1. The number of aliphatic hydroxyl groups is 1. The summed E-state index contributed by atoms with van der Waals surface area (Å²) in [6.45, 7) is 4.01. The lowest BCUT2D eigenvalue weighted by atomic mass is 10.2. The van der Waals surface area contributed by atoms with E-state index in [2.05, 4.69) is 6.92 Å². The van der Waals surface area contributed by atoms with E-state index >= 15 is 0 Å². The van der Waals surface area contributed by atoms with Crippen molar-refractivity contribution in [2.75, 3.05) is 6.61 Å². The summed E-state index contributed by atoms with van der Waals surface area (Å²) < 4.78 is 4.79. The minimum atomic E-state index is -0.990. The first-order chi connectivity index (χ1) is 6.18. The van der Waals surface area contributed by atoms with Crippen LogP contribution < -0.4 is 0 Å². The zero-order valence-electron chi connectivity index (χ0n) is 8.58. The third-order valence-corrected chi connectivity index (χ3v) is 1.83. The highest BCUT2D eigenvalue weighted by Crippen LogP contribution is 2.02. The van der Waals surface area contributed by atoms with E-state index in [0.717, 1.165) is 12.8 Å². The number of carbonyl (C=O) groups is 1. The molecular weight excluding hydrogens is 168 g/mol. The highest BCUT2D eigenvalue weighted by molar-refractivity contribution is 5.73. The molecule has 0 amide bonds. The predicted octanol–water partition coefficient (Wildman–Crippen LogP) is 1.88. The van der Waals surface area contributed by atoms with Crippen LogP contribution in [0.1, 0.15) is 46.0 Å². The fourth-order valence-corrected chi connectivity index (χ4v) is 0.999. The van der Waals surface area contributed by atoms with Gasteiger partial charge in [-0.05, 0) is 13.3 Å². The Morgan fingerprint density at radius 3 is 2.46 bits per heavy atom. The van der Waals surface area contributed by atoms with E-state index in [1.54, 1.807) is 0 Å². The van der Waals surface area contributed by atoms with Gasteiger partial charge in [-0.15, -0.1) is 0 Å². The second kappa shape index (κ2) is 8.05. The number of hydrogen-bond acceptors (Lipinski definition) is 3. The van der Waals surface area contributed by atoms with Crippen LogP contribution in [0, 0.1) is 0 Å². The summed E-state index contributed by atoms with van der Waals surface area (Å²) in [7, 11) is 0. The smallest absolute Gasteiger partial charge is 0.334 e. The fraction of sp³-hybridized carbons (Fsp3) is 0.900. The summed E-state index contributed by atoms with van der Waals surface area (Å²) in [5.41, 5.74) is 0. The molecule has 13 heavy (non-hydrogen) atoms. The van der Waals surface area contributed by atoms with Crippen LogP contribution in [0.15, 0.2) is 0 Å². The number of rotatable bonds is 7. The number of esters is 1. The fourth-order valence-electron chi connectivity index (χ4n) is 0.999. The van der Waals surface area contributed by atoms with Crippen molar-refractivity contribution >= 4 is 5.97 Å². The van der Waals surface area contributed by atoms with Crippen LogP contribution in [0.25, 0.3) is 0 Å². The summed E-state index contributed by atoms with van der Waals surface area (Å²) in [5, 5.41) is 8.79. The highest BCUT2D eigenvalue weighted by Gasteiger charge is 2.08. The molecule has 0 heterocycles. The number of unbranched alkanes of at least 4 members (excludes halogenated alkanes) is 4. The van der Waals surface area contributed by atoms with E-state index in [9.17, 15) is 4.79 Å². The van der Waals surface area contributed by atoms with Crippen molar-refractivity contribution in [3.05, 3.63) is 0 Å². The molecule has 0 aromatic carbocycles. The quantitative estimate of drug-likeness (QED) is 0.490. The minimum Gasteiger partial charge on any atom is -0.464 e. The van der Waals surface area contributed by atoms with Crippen molar-refractivity contribution in [1.82, 2.24) is 0 Å². The molecule has 0 saturated carbocycles. The second-order valence-electron chi connectivity index (χ2n) is 3.26. The molecule has 1 N–H and O–H groups in total. The lowest BCUT2D eigenvalue weighted by molar-refractivity contribution is -0.152. The van der Waals surface area contributed by atoms with Gasteiger partial charge < -0.3 is 9.84 Å². The van der Waals surface area contributed by atoms with Crippen molar-refractivity contribution in [1.29, 1.82) is 0 Å². The molecule has 3 nitrogen and oxygen atoms in total. The normalized spacial score (nSPS) is 12.5. The molecule has 3 heteroatoms. The molecule has 0 saturated heterocycles. The standard InChI is InChI=1S/C10H20O3/c1-3-4-5-6-7-8-13-10(12)9(2)11/h9,11H,3-8H2,1-2H3/t9-/m1/s1. The average Bonchev–Trinajstić information content (AvgIpc) is 2.10. The Kier molecular flexibility index (Phi) is 7.69. The number of hydrogen-bond donors (Lipinski definition) is 1. The molecule has 0 aromatic rings. The van der Waals surface area contributed by atoms with E-state index in [1.807, 2.05) is 0 Å². The molecule has 0 rings (SSSR count). The van der Waals surface area contributed by atoms with E-state index in [0.29, 0.717) is 6.61 Å². The maximum Gasteiger partial charge on any atom is 0.334 e. The molecule has 0 spiro atoms. The molecule has 78 valence electrons. The lowest BCUT2D eigenvalue weighted by Crippen LogP contribution is -2.19. The van der Waals surface area contributed by atoms with Crippen LogP contribution >= 0.6 is 0 Å². The maximum atomic E-state index is 10.8. The summed E-state index contributed by atoms with van der Waals surface area (Å²) in [5.74, 6) is -0.518. The Bertz CT molecular complexity index is 132. The number of ether oxygens (including phenoxy) is 1. The Balaban J connectivity index is 3.12. The van der Waals surface area contributed by atoms with Crippen molar-refractivity contribution in [3.8, 4) is 0 Å². The monoisotopic (exact) mass is 188 g/mol. The van der Waals surface area contributed by atoms with Gasteiger partial charge >= 0.3 is 5.97 Å². The molecule has 0 aliphatic heterocycles. The van der Waals surface area contributed by atoms with Crippen molar-refractivity contribution in [2.45, 2.75) is 52.1 Å². The van der Waals surface area contributed by atoms with Gasteiger partial charge in [-0.25, -0.2) is 4.79 Å². The Morgan fingerprint density at radius 1 is 1.31 bits per heavy atom. The van der Waals surface area contributed by atoms with E-state index in [1.165, 1.54) is 26.2 Å². The summed E-state index contributed by atoms with van der Waals surface area (Å²) in [4.78, 5) is 10.8. The third-order valence-electron chi connectivity index (χ3n) is 1.83. The molecule has 0 aromatic heterocycles. The number of carbonyl (C=O) groups excluding carboxylic acids is 1. The van der Waals surface area contributed by atoms with Gasteiger partial charge in [0.05, 0.1) is 6.61 Å². The van der Waals surface area contributed by atoms with Gasteiger partial charge in [-0.1, -0.05) is 32.6 Å². The van der Waals surface area contributed by atoms with Gasteiger partial charge in [0.2, 0.25) is 0 Å². The molecule has 0 aliphatic carbocycles. The van der Waals surface area contributed by atoms with Crippen LogP contribution in [0.2, 0.25) is 0 Å². The minimum absolute atomic E-state index is 0.438. The van der Waals surface area contributed by atoms with E-state index in [4.69, 9.17) is 9.84 Å². The maximum absolute atomic E-state index is 10.8. The topological polar surface area (TPSA) is 46.5 Å². The molecule has 1 atom stereocenters. The SMILES string of the molecule is CCCCCCCOC(=O)[C@@H](C)O. The van der Waals surface area contributed by atoms with Gasteiger partial charge in [0, 0.05) is 0 Å². The van der Waals surface area contributed by atoms with Crippen molar-refractivity contribution < 1.29 is 14.6 Å². The first-order valence-electron chi connectivity index (χ1n) is 5.03. The summed E-state index contributed by atoms with van der Waals surface area (Å²) in [6, 6.07) is 0. The zero-order valence-corrected chi connectivity index (χ0v) is 8.58. The molecule has 0 bridgehead atoms. The van der Waals surface area contributed by atoms with Gasteiger partial charge in [0.15, 0.2) is 0 Å². The van der Waals surface area contributed by atoms with Gasteiger partial charge in [0.25, 0.3) is 0 Å². The average molecular weight is 188 g/mol. The summed E-state index contributed by atoms with van der Waals surface area (Å²) in [6.07, 6.45) is 4.66. The van der Waals surface area contributed by atoms with Crippen LogP contribution in [0.5, 0.6) is 0 Å². The molecular formula is C10H20O3. The van der Waals surface area contributed by atoms with E-state index in [-0.39, 0.29) is 0 Å². The lowest BCUT2D eigenvalue weighted by Gasteiger charge is -2.05. The van der Waals surface area contributed by atoms with Gasteiger partial charge in [-0.3, -0.25) is 0 Å². The Morgan fingerprint density at radius 2 is 1.92 bits per heavy atom. The van der Waals surface area contributed by atoms with Crippen LogP contribution in [-0.4, -0.2) is 23.8 Å². The van der Waals surface area contributed by atoms with Crippen LogP contribution in [0.4, 0.5) is 0 Å². The Labute approximate surface area is 80.1 Å². The highest BCUT2D eigenvalue weighted by atomic mass is 16.5. The third kappa shape index (κ3) is 7.78. The largest absolute Gasteiger partial charge is 0.464 e. The molecule has 0 unspecified atom stereocenters. The van der Waals surface area contributed by atoms with Crippen molar-refractivity contribution in [2.24, 2.45) is 0 Å². The van der Waals surface area contributed by atoms with Gasteiger partial charge in [-0.2, -0.15) is 0 Å². The van der Waals surface area contributed by atoms with Crippen molar-refractivity contribution in [3.63, 3.8) is 0 Å². The van der Waals surface area contributed by atoms with E-state index < -0.39 is 12.1 Å². The first kappa shape index (κ1) is 12.4. The molecule has 0 radical (unpaired) electrons. The van der Waals surface area contributed by atoms with Crippen LogP contribution in [0.3, 0.4) is 0 Å². The Hall–Kier alpha value is -0.570. The predicted molar refractivity (Wildman–Crippen MR) is 51.4 cm³/mol. The zero-order chi connectivity index (χ0) is 10.1. The van der Waals surface area contributed by atoms with Crippen LogP contribution in [-0.2, 0) is 9.53 Å².